The molecule has 6 rings (SSSR count). The standard InChI is InChI=1S/C27H30N6O5/c1-18-2-5-20-12-24(18)37-15-25(34)28-13-19-3-6-21(7-4-19)38-23-8-11-33(14-22(23)31-27(20)36)26(35)9-10-32-16-29-30-17-32/h2-7,12,16-17,22-23H,8-11,13-15H2,1H3,(H,28,34)(H,31,36)/t22-,23-/m0/s1. The molecule has 11 heteroatoms. The maximum atomic E-state index is 13.3. The van der Waals surface area contributed by atoms with Crippen LogP contribution in [0.1, 0.15) is 34.3 Å². The van der Waals surface area contributed by atoms with Crippen molar-refractivity contribution in [3.63, 3.8) is 0 Å². The van der Waals surface area contributed by atoms with Gasteiger partial charge in [0.25, 0.3) is 11.8 Å². The van der Waals surface area contributed by atoms with E-state index in [1.807, 2.05) is 31.2 Å². The van der Waals surface area contributed by atoms with Gasteiger partial charge in [-0.1, -0.05) is 18.2 Å². The number of carbonyl (C=O) groups excluding carboxylic acids is 3. The third kappa shape index (κ3) is 6.10. The molecule has 3 aliphatic rings. The summed E-state index contributed by atoms with van der Waals surface area (Å²) in [4.78, 5) is 40.4. The molecule has 0 radical (unpaired) electrons. The van der Waals surface area contributed by atoms with Crippen LogP contribution in [0.5, 0.6) is 11.5 Å². The molecule has 4 bridgehead atoms. The minimum Gasteiger partial charge on any atom is -0.488 e. The molecule has 1 saturated heterocycles. The van der Waals surface area contributed by atoms with Crippen molar-refractivity contribution in [1.82, 2.24) is 30.3 Å². The van der Waals surface area contributed by atoms with Crippen LogP contribution >= 0.6 is 0 Å². The SMILES string of the molecule is Cc1ccc2cc1OCC(=O)NCc1ccc(cc1)O[C@H]1CCN(C(=O)CCn3cnnc3)C[C@@H]1NC2=O. The number of nitrogens with zero attached hydrogens (tertiary/aromatic N) is 4. The Labute approximate surface area is 220 Å². The van der Waals surface area contributed by atoms with Crippen molar-refractivity contribution in [3.05, 3.63) is 71.8 Å². The van der Waals surface area contributed by atoms with Gasteiger partial charge in [-0.2, -0.15) is 0 Å². The lowest BCUT2D eigenvalue weighted by Crippen LogP contribution is -2.58. The van der Waals surface area contributed by atoms with Crippen LogP contribution < -0.4 is 20.1 Å². The van der Waals surface area contributed by atoms with E-state index in [9.17, 15) is 14.4 Å². The molecule has 2 atom stereocenters. The van der Waals surface area contributed by atoms with E-state index < -0.39 is 6.04 Å². The van der Waals surface area contributed by atoms with Gasteiger partial charge in [0.2, 0.25) is 5.91 Å². The average Bonchev–Trinajstić information content (AvgIpc) is 3.45. The third-order valence-corrected chi connectivity index (χ3v) is 6.78. The van der Waals surface area contributed by atoms with Crippen LogP contribution in [0.2, 0.25) is 0 Å². The molecule has 0 saturated carbocycles. The van der Waals surface area contributed by atoms with E-state index in [-0.39, 0.29) is 30.4 Å². The molecule has 1 aromatic heterocycles. The second kappa shape index (κ2) is 11.3. The zero-order valence-corrected chi connectivity index (χ0v) is 21.1. The van der Waals surface area contributed by atoms with Gasteiger partial charge < -0.3 is 29.6 Å². The minimum absolute atomic E-state index is 0.0117. The zero-order chi connectivity index (χ0) is 26.5. The summed E-state index contributed by atoms with van der Waals surface area (Å²) in [7, 11) is 0. The number of carbonyl (C=O) groups is 3. The summed E-state index contributed by atoms with van der Waals surface area (Å²) in [6.45, 7) is 3.37. The zero-order valence-electron chi connectivity index (χ0n) is 21.1. The summed E-state index contributed by atoms with van der Waals surface area (Å²) in [6, 6.07) is 12.2. The van der Waals surface area contributed by atoms with Gasteiger partial charge in [0.05, 0.1) is 6.04 Å². The molecule has 4 heterocycles. The summed E-state index contributed by atoms with van der Waals surface area (Å²) in [5.74, 6) is 0.535. The van der Waals surface area contributed by atoms with Crippen LogP contribution in [-0.2, 0) is 22.7 Å². The van der Waals surface area contributed by atoms with Crippen molar-refractivity contribution in [1.29, 1.82) is 0 Å². The lowest BCUT2D eigenvalue weighted by molar-refractivity contribution is -0.134. The van der Waals surface area contributed by atoms with Crippen LogP contribution in [0.15, 0.2) is 55.1 Å². The topological polar surface area (TPSA) is 128 Å². The molecule has 3 amide bonds. The van der Waals surface area contributed by atoms with E-state index in [1.165, 1.54) is 0 Å². The molecular weight excluding hydrogens is 488 g/mol. The van der Waals surface area contributed by atoms with E-state index >= 15 is 0 Å². The highest BCUT2D eigenvalue weighted by atomic mass is 16.5. The summed E-state index contributed by atoms with van der Waals surface area (Å²) >= 11 is 0. The van der Waals surface area contributed by atoms with Crippen LogP contribution in [-0.4, -0.2) is 69.2 Å². The smallest absolute Gasteiger partial charge is 0.258 e. The Morgan fingerprint density at radius 2 is 1.89 bits per heavy atom. The quantitative estimate of drug-likeness (QED) is 0.537. The fourth-order valence-corrected chi connectivity index (χ4v) is 4.56. The van der Waals surface area contributed by atoms with E-state index in [2.05, 4.69) is 20.8 Å². The van der Waals surface area contributed by atoms with E-state index in [0.29, 0.717) is 56.1 Å². The number of aromatic nitrogens is 3. The summed E-state index contributed by atoms with van der Waals surface area (Å²) in [5, 5.41) is 13.5. The molecule has 0 aliphatic carbocycles. The normalized spacial score (nSPS) is 19.9. The van der Waals surface area contributed by atoms with E-state index in [4.69, 9.17) is 9.47 Å². The molecule has 11 nitrogen and oxygen atoms in total. The fraction of sp³-hybridized carbons (Fsp3) is 0.370. The maximum absolute atomic E-state index is 13.3. The number of amides is 3. The first-order valence-electron chi connectivity index (χ1n) is 12.6. The van der Waals surface area contributed by atoms with Crippen molar-refractivity contribution in [2.24, 2.45) is 0 Å². The summed E-state index contributed by atoms with van der Waals surface area (Å²) in [6.07, 6.45) is 3.69. The van der Waals surface area contributed by atoms with Crippen molar-refractivity contribution >= 4 is 17.7 Å². The van der Waals surface area contributed by atoms with Gasteiger partial charge in [-0.15, -0.1) is 10.2 Å². The second-order valence-electron chi connectivity index (χ2n) is 9.50. The summed E-state index contributed by atoms with van der Waals surface area (Å²) in [5.41, 5.74) is 2.13. The predicted octanol–water partition coefficient (Wildman–Crippen LogP) is 1.46. The average molecular weight is 519 g/mol. The Hall–Kier alpha value is -4.41. The number of likely N-dealkylation sites (tertiary alicyclic amines) is 1. The van der Waals surface area contributed by atoms with Gasteiger partial charge in [-0.25, -0.2) is 0 Å². The number of hydrogen-bond acceptors (Lipinski definition) is 7. The molecule has 0 unspecified atom stereocenters. The monoisotopic (exact) mass is 518 g/mol. The third-order valence-electron chi connectivity index (χ3n) is 6.78. The molecule has 0 spiro atoms. The Balaban J connectivity index is 1.37. The van der Waals surface area contributed by atoms with Crippen molar-refractivity contribution in [3.8, 4) is 11.5 Å². The molecular formula is C27H30N6O5. The highest BCUT2D eigenvalue weighted by molar-refractivity contribution is 5.95. The maximum Gasteiger partial charge on any atom is 0.258 e. The Morgan fingerprint density at radius 1 is 1.11 bits per heavy atom. The molecule has 3 aromatic rings. The Morgan fingerprint density at radius 3 is 2.68 bits per heavy atom. The molecule has 1 fully saturated rings. The Kier molecular flexibility index (Phi) is 7.52. The van der Waals surface area contributed by atoms with E-state index in [1.54, 1.807) is 40.3 Å². The molecule has 38 heavy (non-hydrogen) atoms. The Bertz CT molecular complexity index is 1290. The van der Waals surface area contributed by atoms with Gasteiger partial charge in [-0.3, -0.25) is 14.4 Å². The van der Waals surface area contributed by atoms with Crippen molar-refractivity contribution in [2.45, 2.75) is 45.0 Å². The van der Waals surface area contributed by atoms with Gasteiger partial charge in [0.1, 0.15) is 30.3 Å². The summed E-state index contributed by atoms with van der Waals surface area (Å²) < 4.78 is 13.8. The van der Waals surface area contributed by atoms with Gasteiger partial charge >= 0.3 is 0 Å². The van der Waals surface area contributed by atoms with Crippen molar-refractivity contribution < 1.29 is 23.9 Å². The van der Waals surface area contributed by atoms with Crippen LogP contribution in [0.4, 0.5) is 0 Å². The number of hydrogen-bond donors (Lipinski definition) is 2. The molecule has 2 aromatic carbocycles. The number of benzene rings is 2. The lowest BCUT2D eigenvalue weighted by Gasteiger charge is -2.39. The van der Waals surface area contributed by atoms with Gasteiger partial charge in [-0.05, 0) is 42.3 Å². The second-order valence-corrected chi connectivity index (χ2v) is 9.50. The number of piperidine rings is 1. The number of nitrogens with one attached hydrogen (secondary N) is 2. The lowest BCUT2D eigenvalue weighted by atomic mass is 10.00. The first-order valence-corrected chi connectivity index (χ1v) is 12.6. The number of fused-ring (bicyclic) bond motifs is 7. The predicted molar refractivity (Wildman–Crippen MR) is 136 cm³/mol. The van der Waals surface area contributed by atoms with Crippen LogP contribution in [0.3, 0.4) is 0 Å². The molecule has 2 N–H and O–H groups in total. The molecule has 198 valence electrons. The highest BCUT2D eigenvalue weighted by Gasteiger charge is 2.34. The fourth-order valence-electron chi connectivity index (χ4n) is 4.56. The highest BCUT2D eigenvalue weighted by Crippen LogP contribution is 2.23. The van der Waals surface area contributed by atoms with Crippen LogP contribution in [0, 0.1) is 6.92 Å². The van der Waals surface area contributed by atoms with Gasteiger partial charge in [0.15, 0.2) is 6.61 Å². The first kappa shape index (κ1) is 25.2. The van der Waals surface area contributed by atoms with Crippen LogP contribution in [0.25, 0.3) is 0 Å². The van der Waals surface area contributed by atoms with E-state index in [0.717, 1.165) is 11.1 Å². The first-order chi connectivity index (χ1) is 18.4. The number of ether oxygens (including phenoxy) is 2. The number of aryl methyl sites for hydroxylation is 2. The minimum atomic E-state index is -0.431. The molecule has 3 aliphatic heterocycles. The van der Waals surface area contributed by atoms with Crippen molar-refractivity contribution in [2.75, 3.05) is 19.7 Å². The number of rotatable bonds is 3. The largest absolute Gasteiger partial charge is 0.488 e. The van der Waals surface area contributed by atoms with Gasteiger partial charge in [0, 0.05) is 44.6 Å².